The molecule has 0 radical (unpaired) electrons. The zero-order valence-electron chi connectivity index (χ0n) is 12.4. The van der Waals surface area contributed by atoms with Crippen molar-refractivity contribution in [2.24, 2.45) is 11.1 Å². The van der Waals surface area contributed by atoms with Crippen molar-refractivity contribution in [1.82, 2.24) is 4.90 Å². The number of nitrogens with two attached hydrogens (primary N) is 1. The maximum atomic E-state index is 12.6. The average molecular weight is 295 g/mol. The molecule has 0 spiro atoms. The monoisotopic (exact) mass is 294 g/mol. The first kappa shape index (κ1) is 15.3. The van der Waals surface area contributed by atoms with E-state index in [4.69, 9.17) is 17.3 Å². The third-order valence-corrected chi connectivity index (χ3v) is 4.20. The molecule has 1 aromatic carbocycles. The molecule has 1 saturated heterocycles. The number of hydrogen-bond acceptors (Lipinski definition) is 2. The lowest BCUT2D eigenvalue weighted by Crippen LogP contribution is -2.50. The van der Waals surface area contributed by atoms with Crippen molar-refractivity contribution < 1.29 is 4.79 Å². The Kier molecular flexibility index (Phi) is 4.40. The number of halogens is 1. The van der Waals surface area contributed by atoms with Gasteiger partial charge in [0.05, 0.1) is 12.1 Å². The highest BCUT2D eigenvalue weighted by atomic mass is 35.5. The van der Waals surface area contributed by atoms with Crippen LogP contribution in [0.4, 0.5) is 0 Å². The van der Waals surface area contributed by atoms with Gasteiger partial charge in [-0.3, -0.25) is 4.79 Å². The number of carbonyl (C=O) groups excluding carboxylic acids is 1. The van der Waals surface area contributed by atoms with Gasteiger partial charge in [0, 0.05) is 11.6 Å². The van der Waals surface area contributed by atoms with Crippen molar-refractivity contribution in [3.05, 3.63) is 34.9 Å². The quantitative estimate of drug-likeness (QED) is 0.909. The van der Waals surface area contributed by atoms with Crippen molar-refractivity contribution in [1.29, 1.82) is 0 Å². The van der Waals surface area contributed by atoms with Crippen molar-refractivity contribution in [3.63, 3.8) is 0 Å². The lowest BCUT2D eigenvalue weighted by Gasteiger charge is -2.33. The summed E-state index contributed by atoms with van der Waals surface area (Å²) in [5.41, 5.74) is 7.00. The molecule has 1 aliphatic rings. The maximum Gasteiger partial charge on any atom is 0.240 e. The topological polar surface area (TPSA) is 46.3 Å². The van der Waals surface area contributed by atoms with Crippen molar-refractivity contribution in [2.45, 2.75) is 45.7 Å². The summed E-state index contributed by atoms with van der Waals surface area (Å²) in [6, 6.07) is 7.40. The molecule has 0 aliphatic carbocycles. The van der Waals surface area contributed by atoms with Gasteiger partial charge in [0.15, 0.2) is 0 Å². The van der Waals surface area contributed by atoms with E-state index in [1.807, 2.05) is 49.9 Å². The molecule has 1 aliphatic heterocycles. The molecule has 20 heavy (non-hydrogen) atoms. The minimum Gasteiger partial charge on any atom is -0.334 e. The van der Waals surface area contributed by atoms with Crippen LogP contribution in [-0.4, -0.2) is 23.4 Å². The van der Waals surface area contributed by atoms with Crippen LogP contribution in [0.25, 0.3) is 0 Å². The van der Waals surface area contributed by atoms with E-state index in [9.17, 15) is 4.79 Å². The second-order valence-corrected chi connectivity index (χ2v) is 7.02. The Bertz CT molecular complexity index is 495. The van der Waals surface area contributed by atoms with Gasteiger partial charge in [0.1, 0.15) is 0 Å². The highest BCUT2D eigenvalue weighted by Gasteiger charge is 2.36. The van der Waals surface area contributed by atoms with Crippen LogP contribution < -0.4 is 5.73 Å². The molecule has 0 aromatic heterocycles. The van der Waals surface area contributed by atoms with E-state index in [0.717, 1.165) is 24.9 Å². The van der Waals surface area contributed by atoms with Crippen LogP contribution in [0.2, 0.25) is 5.02 Å². The maximum absolute atomic E-state index is 12.6. The fourth-order valence-electron chi connectivity index (χ4n) is 2.64. The van der Waals surface area contributed by atoms with Gasteiger partial charge in [-0.05, 0) is 36.0 Å². The van der Waals surface area contributed by atoms with E-state index in [2.05, 4.69) is 0 Å². The average Bonchev–Trinajstić information content (AvgIpc) is 2.85. The van der Waals surface area contributed by atoms with E-state index in [0.29, 0.717) is 5.02 Å². The van der Waals surface area contributed by atoms with E-state index in [1.54, 1.807) is 0 Å². The predicted molar refractivity (Wildman–Crippen MR) is 82.6 cm³/mol. The first-order valence-corrected chi connectivity index (χ1v) is 7.50. The highest BCUT2D eigenvalue weighted by molar-refractivity contribution is 6.30. The lowest BCUT2D eigenvalue weighted by molar-refractivity contribution is -0.135. The number of benzene rings is 1. The van der Waals surface area contributed by atoms with Gasteiger partial charge in [0.25, 0.3) is 0 Å². The summed E-state index contributed by atoms with van der Waals surface area (Å²) in [6.07, 6.45) is 1.99. The van der Waals surface area contributed by atoms with Crippen molar-refractivity contribution in [2.75, 3.05) is 6.54 Å². The summed E-state index contributed by atoms with van der Waals surface area (Å²) in [5, 5.41) is 0.710. The smallest absolute Gasteiger partial charge is 0.240 e. The summed E-state index contributed by atoms with van der Waals surface area (Å²) in [7, 11) is 0. The summed E-state index contributed by atoms with van der Waals surface area (Å²) in [5.74, 6) is 0.0416. The SMILES string of the molecule is CC(C)(C)[C@@H](N)C(=O)N1CCCC1c1cccc(Cl)c1. The first-order chi connectivity index (χ1) is 9.30. The highest BCUT2D eigenvalue weighted by Crippen LogP contribution is 2.34. The molecule has 110 valence electrons. The number of amides is 1. The van der Waals surface area contributed by atoms with E-state index in [1.165, 1.54) is 0 Å². The summed E-state index contributed by atoms with van der Waals surface area (Å²) < 4.78 is 0. The number of nitrogens with zero attached hydrogens (tertiary/aromatic N) is 1. The zero-order valence-corrected chi connectivity index (χ0v) is 13.2. The van der Waals surface area contributed by atoms with Gasteiger partial charge in [-0.1, -0.05) is 44.5 Å². The summed E-state index contributed by atoms with van der Waals surface area (Å²) in [4.78, 5) is 14.5. The minimum atomic E-state index is -0.470. The Hall–Kier alpha value is -1.06. The standard InChI is InChI=1S/C16H23ClN2O/c1-16(2,3)14(18)15(20)19-9-5-8-13(19)11-6-4-7-12(17)10-11/h4,6-7,10,13-14H,5,8-9,18H2,1-3H3/t13?,14-/m0/s1. The van der Waals surface area contributed by atoms with Gasteiger partial charge in [-0.2, -0.15) is 0 Å². The second kappa shape index (κ2) is 5.74. The van der Waals surface area contributed by atoms with E-state index in [-0.39, 0.29) is 17.4 Å². The number of hydrogen-bond donors (Lipinski definition) is 1. The molecule has 4 heteroatoms. The Balaban J connectivity index is 2.21. The number of likely N-dealkylation sites (tertiary alicyclic amines) is 1. The largest absolute Gasteiger partial charge is 0.334 e. The Morgan fingerprint density at radius 1 is 1.45 bits per heavy atom. The molecule has 1 aromatic rings. The van der Waals surface area contributed by atoms with Crippen LogP contribution in [0, 0.1) is 5.41 Å². The van der Waals surface area contributed by atoms with Gasteiger partial charge in [-0.15, -0.1) is 0 Å². The van der Waals surface area contributed by atoms with Gasteiger partial charge in [0.2, 0.25) is 5.91 Å². The number of rotatable bonds is 2. The third-order valence-electron chi connectivity index (χ3n) is 3.97. The molecule has 0 bridgehead atoms. The van der Waals surface area contributed by atoms with Crippen LogP contribution in [0.15, 0.2) is 24.3 Å². The molecule has 0 saturated carbocycles. The Labute approximate surface area is 126 Å². The van der Waals surface area contributed by atoms with Gasteiger partial charge < -0.3 is 10.6 Å². The molecule has 2 atom stereocenters. The summed E-state index contributed by atoms with van der Waals surface area (Å²) in [6.45, 7) is 6.78. The predicted octanol–water partition coefficient (Wildman–Crippen LogP) is 3.38. The van der Waals surface area contributed by atoms with Crippen molar-refractivity contribution in [3.8, 4) is 0 Å². The van der Waals surface area contributed by atoms with Crippen molar-refractivity contribution >= 4 is 17.5 Å². The van der Waals surface area contributed by atoms with Crippen LogP contribution >= 0.6 is 11.6 Å². The normalized spacial score (nSPS) is 21.1. The molecule has 1 fully saturated rings. The molecular weight excluding hydrogens is 272 g/mol. The molecule has 1 unspecified atom stereocenters. The molecular formula is C16H23ClN2O. The molecule has 1 heterocycles. The Morgan fingerprint density at radius 3 is 2.75 bits per heavy atom. The van der Waals surface area contributed by atoms with Crippen LogP contribution in [-0.2, 0) is 4.79 Å². The number of carbonyl (C=O) groups is 1. The molecule has 2 N–H and O–H groups in total. The molecule has 3 nitrogen and oxygen atoms in total. The van der Waals surface area contributed by atoms with E-state index >= 15 is 0 Å². The molecule has 1 amide bonds. The Morgan fingerprint density at radius 2 is 2.15 bits per heavy atom. The van der Waals surface area contributed by atoms with Crippen LogP contribution in [0.3, 0.4) is 0 Å². The molecule has 2 rings (SSSR count). The lowest BCUT2D eigenvalue weighted by atomic mass is 9.86. The fourth-order valence-corrected chi connectivity index (χ4v) is 2.84. The van der Waals surface area contributed by atoms with Gasteiger partial charge >= 0.3 is 0 Å². The van der Waals surface area contributed by atoms with Gasteiger partial charge in [-0.25, -0.2) is 0 Å². The first-order valence-electron chi connectivity index (χ1n) is 7.12. The van der Waals surface area contributed by atoms with E-state index < -0.39 is 6.04 Å². The summed E-state index contributed by atoms with van der Waals surface area (Å²) >= 11 is 6.06. The van der Waals surface area contributed by atoms with Crippen LogP contribution in [0.5, 0.6) is 0 Å². The fraction of sp³-hybridized carbons (Fsp3) is 0.562. The minimum absolute atomic E-state index is 0.0416. The third kappa shape index (κ3) is 3.15. The van der Waals surface area contributed by atoms with Crippen LogP contribution in [0.1, 0.15) is 45.2 Å². The zero-order chi connectivity index (χ0) is 14.9. The second-order valence-electron chi connectivity index (χ2n) is 6.59.